The van der Waals surface area contributed by atoms with Crippen LogP contribution in [0.25, 0.3) is 0 Å². The fraction of sp³-hybridized carbons (Fsp3) is 0.280. The maximum absolute atomic E-state index is 13.6. The Morgan fingerprint density at radius 1 is 1.21 bits per heavy atom. The number of hydrogen-bond acceptors (Lipinski definition) is 7. The number of halogens is 2. The van der Waals surface area contributed by atoms with Crippen molar-refractivity contribution in [3.63, 3.8) is 0 Å². The lowest BCUT2D eigenvalue weighted by atomic mass is 9.94. The SMILES string of the molecule is CCOC(=O)C1=C(C)N=C2SC=CN2[C@@H]1c1cc(Cl)c(OCc2cccc(F)c2)c(OCC)c1. The topological polar surface area (TPSA) is 60.4 Å². The highest BCUT2D eigenvalue weighted by molar-refractivity contribution is 8.16. The average molecular weight is 503 g/mol. The summed E-state index contributed by atoms with van der Waals surface area (Å²) in [5.41, 5.74) is 2.42. The van der Waals surface area contributed by atoms with Gasteiger partial charge in [0.15, 0.2) is 16.7 Å². The van der Waals surface area contributed by atoms with Crippen molar-refractivity contribution in [3.8, 4) is 11.5 Å². The molecule has 2 aromatic carbocycles. The minimum Gasteiger partial charge on any atom is -0.490 e. The van der Waals surface area contributed by atoms with E-state index in [9.17, 15) is 9.18 Å². The highest BCUT2D eigenvalue weighted by Gasteiger charge is 2.38. The number of fused-ring (bicyclic) bond motifs is 1. The molecule has 9 heteroatoms. The van der Waals surface area contributed by atoms with Gasteiger partial charge >= 0.3 is 5.97 Å². The van der Waals surface area contributed by atoms with Crippen LogP contribution in [-0.2, 0) is 16.1 Å². The number of ether oxygens (including phenoxy) is 3. The van der Waals surface area contributed by atoms with Gasteiger partial charge < -0.3 is 19.1 Å². The van der Waals surface area contributed by atoms with Crippen LogP contribution < -0.4 is 9.47 Å². The number of nitrogens with zero attached hydrogens (tertiary/aromatic N) is 2. The predicted octanol–water partition coefficient (Wildman–Crippen LogP) is 6.22. The van der Waals surface area contributed by atoms with E-state index in [4.69, 9.17) is 25.8 Å². The van der Waals surface area contributed by atoms with Gasteiger partial charge in [0.1, 0.15) is 12.4 Å². The molecule has 0 fully saturated rings. The summed E-state index contributed by atoms with van der Waals surface area (Å²) in [4.78, 5) is 19.4. The molecule has 0 saturated carbocycles. The number of carbonyl (C=O) groups is 1. The molecule has 0 aliphatic carbocycles. The Morgan fingerprint density at radius 2 is 2.03 bits per heavy atom. The largest absolute Gasteiger partial charge is 0.490 e. The lowest BCUT2D eigenvalue weighted by Crippen LogP contribution is -2.34. The number of carbonyl (C=O) groups excluding carboxylic acids is 1. The summed E-state index contributed by atoms with van der Waals surface area (Å²) in [6.45, 7) is 6.17. The molecule has 2 aromatic rings. The highest BCUT2D eigenvalue weighted by atomic mass is 35.5. The number of allylic oxidation sites excluding steroid dienone is 1. The molecule has 0 saturated heterocycles. The summed E-state index contributed by atoms with van der Waals surface area (Å²) >= 11 is 8.15. The standard InChI is InChI=1S/C25H24ClFN2O4S/c1-4-31-20-13-17(12-19(26)23(20)33-14-16-7-6-8-18(27)11-16)22-21(24(30)32-5-2)15(3)28-25-29(22)9-10-34-25/h6-13,22H,4-5,14H2,1-3H3/t22-/m1/s1. The summed E-state index contributed by atoms with van der Waals surface area (Å²) in [6, 6.07) is 9.24. The van der Waals surface area contributed by atoms with Gasteiger partial charge in [0.2, 0.25) is 0 Å². The lowest BCUT2D eigenvalue weighted by molar-refractivity contribution is -0.139. The Hall–Kier alpha value is -2.97. The Bertz CT molecular complexity index is 1200. The zero-order chi connectivity index (χ0) is 24.2. The van der Waals surface area contributed by atoms with Gasteiger partial charge in [-0.1, -0.05) is 35.5 Å². The molecule has 0 N–H and O–H groups in total. The number of rotatable bonds is 8. The van der Waals surface area contributed by atoms with Crippen LogP contribution in [-0.4, -0.2) is 29.3 Å². The molecule has 0 unspecified atom stereocenters. The molecular weight excluding hydrogens is 479 g/mol. The van der Waals surface area contributed by atoms with E-state index in [1.165, 1.54) is 23.9 Å². The van der Waals surface area contributed by atoms with Gasteiger partial charge in [-0.05, 0) is 61.6 Å². The van der Waals surface area contributed by atoms with Crippen LogP contribution in [0, 0.1) is 5.82 Å². The molecule has 0 aromatic heterocycles. The van der Waals surface area contributed by atoms with E-state index in [1.807, 2.05) is 29.5 Å². The van der Waals surface area contributed by atoms with Crippen LogP contribution in [0.4, 0.5) is 4.39 Å². The van der Waals surface area contributed by atoms with Crippen LogP contribution in [0.2, 0.25) is 5.02 Å². The minimum absolute atomic E-state index is 0.121. The summed E-state index contributed by atoms with van der Waals surface area (Å²) in [6.07, 6.45) is 1.88. The molecule has 0 amide bonds. The van der Waals surface area contributed by atoms with E-state index in [0.29, 0.717) is 40.0 Å². The molecule has 0 spiro atoms. The molecule has 0 bridgehead atoms. The molecule has 4 rings (SSSR count). The van der Waals surface area contributed by atoms with Crippen molar-refractivity contribution in [1.82, 2.24) is 4.90 Å². The maximum atomic E-state index is 13.6. The number of hydrogen-bond donors (Lipinski definition) is 0. The van der Waals surface area contributed by atoms with Crippen LogP contribution >= 0.6 is 23.4 Å². The maximum Gasteiger partial charge on any atom is 0.338 e. The monoisotopic (exact) mass is 502 g/mol. The molecule has 2 aliphatic rings. The molecular formula is C25H24ClFN2O4S. The third-order valence-corrected chi connectivity index (χ3v) is 6.29. The van der Waals surface area contributed by atoms with E-state index in [1.54, 1.807) is 32.0 Å². The van der Waals surface area contributed by atoms with E-state index in [2.05, 4.69) is 4.99 Å². The van der Waals surface area contributed by atoms with Gasteiger partial charge in [0, 0.05) is 6.20 Å². The van der Waals surface area contributed by atoms with Crippen molar-refractivity contribution in [2.75, 3.05) is 13.2 Å². The molecule has 1 atom stereocenters. The fourth-order valence-electron chi connectivity index (χ4n) is 3.83. The average Bonchev–Trinajstić information content (AvgIpc) is 3.25. The van der Waals surface area contributed by atoms with Crippen LogP contribution in [0.15, 0.2) is 64.3 Å². The summed E-state index contributed by atoms with van der Waals surface area (Å²) in [5, 5.41) is 2.99. The second-order valence-corrected chi connectivity index (χ2v) is 8.79. The van der Waals surface area contributed by atoms with E-state index in [0.717, 1.165) is 10.7 Å². The third-order valence-electron chi connectivity index (χ3n) is 5.24. The zero-order valence-corrected chi connectivity index (χ0v) is 20.6. The first-order valence-electron chi connectivity index (χ1n) is 10.8. The van der Waals surface area contributed by atoms with Gasteiger partial charge in [-0.3, -0.25) is 0 Å². The first-order valence-corrected chi connectivity index (χ1v) is 12.1. The minimum atomic E-state index is -0.494. The van der Waals surface area contributed by atoms with Crippen LogP contribution in [0.3, 0.4) is 0 Å². The van der Waals surface area contributed by atoms with Crippen molar-refractivity contribution >= 4 is 34.5 Å². The van der Waals surface area contributed by atoms with E-state index in [-0.39, 0.29) is 19.0 Å². The molecule has 178 valence electrons. The molecule has 6 nitrogen and oxygen atoms in total. The van der Waals surface area contributed by atoms with Crippen molar-refractivity contribution in [3.05, 3.63) is 81.2 Å². The predicted molar refractivity (Wildman–Crippen MR) is 131 cm³/mol. The Kier molecular flexibility index (Phi) is 7.48. The zero-order valence-electron chi connectivity index (χ0n) is 19.0. The first kappa shape index (κ1) is 24.2. The molecule has 2 aliphatic heterocycles. The number of thioether (sulfide) groups is 1. The number of aliphatic imine (C=N–C) groups is 1. The van der Waals surface area contributed by atoms with Gasteiger partial charge in [0.25, 0.3) is 0 Å². The third kappa shape index (κ3) is 4.93. The van der Waals surface area contributed by atoms with Gasteiger partial charge in [-0.25, -0.2) is 14.2 Å². The second-order valence-electron chi connectivity index (χ2n) is 7.51. The Labute approximate surface area is 207 Å². The van der Waals surface area contributed by atoms with Crippen molar-refractivity contribution < 1.29 is 23.4 Å². The quantitative estimate of drug-likeness (QED) is 0.399. The fourth-order valence-corrected chi connectivity index (χ4v) is 4.89. The Morgan fingerprint density at radius 3 is 2.76 bits per heavy atom. The van der Waals surface area contributed by atoms with Crippen LogP contribution in [0.1, 0.15) is 37.9 Å². The van der Waals surface area contributed by atoms with E-state index >= 15 is 0 Å². The first-order chi connectivity index (χ1) is 16.4. The van der Waals surface area contributed by atoms with Crippen molar-refractivity contribution in [2.24, 2.45) is 4.99 Å². The number of benzene rings is 2. The smallest absolute Gasteiger partial charge is 0.338 e. The summed E-state index contributed by atoms with van der Waals surface area (Å²) in [7, 11) is 0. The summed E-state index contributed by atoms with van der Waals surface area (Å²) < 4.78 is 30.7. The van der Waals surface area contributed by atoms with E-state index < -0.39 is 12.0 Å². The number of esters is 1. The van der Waals surface area contributed by atoms with Crippen molar-refractivity contribution in [2.45, 2.75) is 33.4 Å². The molecule has 2 heterocycles. The van der Waals surface area contributed by atoms with Gasteiger partial charge in [0.05, 0.1) is 35.5 Å². The second kappa shape index (κ2) is 10.5. The molecule has 0 radical (unpaired) electrons. The molecule has 34 heavy (non-hydrogen) atoms. The normalized spacial score (nSPS) is 16.9. The lowest BCUT2D eigenvalue weighted by Gasteiger charge is -2.33. The van der Waals surface area contributed by atoms with Crippen LogP contribution in [0.5, 0.6) is 11.5 Å². The van der Waals surface area contributed by atoms with Gasteiger partial charge in [-0.15, -0.1) is 0 Å². The highest BCUT2D eigenvalue weighted by Crippen LogP contribution is 2.45. The van der Waals surface area contributed by atoms with Gasteiger partial charge in [-0.2, -0.15) is 0 Å². The Balaban J connectivity index is 1.73. The van der Waals surface area contributed by atoms with Crippen molar-refractivity contribution in [1.29, 1.82) is 0 Å². The summed E-state index contributed by atoms with van der Waals surface area (Å²) in [5.74, 6) is 0.0132. The number of amidine groups is 1.